The van der Waals surface area contributed by atoms with Crippen molar-refractivity contribution in [1.29, 1.82) is 0 Å². The molecule has 182 valence electrons. The number of amides is 1. The molecule has 2 fully saturated rings. The van der Waals surface area contributed by atoms with Crippen molar-refractivity contribution in [3.63, 3.8) is 0 Å². The van der Waals surface area contributed by atoms with Crippen molar-refractivity contribution in [3.8, 4) is 5.95 Å². The molecular formula is C24H31FN6O3. The smallest absolute Gasteiger partial charge is 0.291 e. The zero-order valence-corrected chi connectivity index (χ0v) is 19.7. The molecule has 5 rings (SSSR count). The molecule has 1 aromatic carbocycles. The number of aliphatic hydroxyl groups excluding tert-OH is 1. The second-order valence-corrected chi connectivity index (χ2v) is 9.85. The molecule has 0 aliphatic carbocycles. The lowest BCUT2D eigenvalue weighted by Crippen LogP contribution is -2.33. The topological polar surface area (TPSA) is 101 Å². The molecule has 10 heteroatoms. The van der Waals surface area contributed by atoms with E-state index in [0.29, 0.717) is 29.7 Å². The van der Waals surface area contributed by atoms with Crippen LogP contribution in [0.15, 0.2) is 22.7 Å². The van der Waals surface area contributed by atoms with Crippen LogP contribution in [-0.2, 0) is 11.2 Å². The quantitative estimate of drug-likeness (QED) is 0.566. The summed E-state index contributed by atoms with van der Waals surface area (Å²) in [5.41, 5.74) is 1.18. The summed E-state index contributed by atoms with van der Waals surface area (Å²) >= 11 is 0. The van der Waals surface area contributed by atoms with Crippen LogP contribution in [0.2, 0.25) is 0 Å². The van der Waals surface area contributed by atoms with Crippen LogP contribution < -0.4 is 0 Å². The number of carbonyl (C=O) groups is 1. The zero-order valence-electron chi connectivity index (χ0n) is 19.7. The van der Waals surface area contributed by atoms with E-state index in [9.17, 15) is 9.18 Å². The van der Waals surface area contributed by atoms with Gasteiger partial charge in [0.05, 0.1) is 5.69 Å². The lowest BCUT2D eigenvalue weighted by Gasteiger charge is -2.21. The maximum absolute atomic E-state index is 14.7. The highest BCUT2D eigenvalue weighted by molar-refractivity contribution is 5.84. The molecular weight excluding hydrogens is 439 g/mol. The predicted octanol–water partition coefficient (Wildman–Crippen LogP) is 2.38. The average Bonchev–Trinajstić information content (AvgIpc) is 3.60. The molecule has 0 bridgehead atoms. The summed E-state index contributed by atoms with van der Waals surface area (Å²) < 4.78 is 21.6. The van der Waals surface area contributed by atoms with Crippen LogP contribution in [0.4, 0.5) is 4.39 Å². The largest absolute Gasteiger partial charge is 0.387 e. The number of nitrogens with zero attached hydrogens (tertiary/aromatic N) is 6. The normalized spacial score (nSPS) is 21.4. The first-order valence-corrected chi connectivity index (χ1v) is 12.0. The molecule has 0 spiro atoms. The third-order valence-electron chi connectivity index (χ3n) is 7.00. The van der Waals surface area contributed by atoms with Crippen molar-refractivity contribution in [1.82, 2.24) is 29.7 Å². The van der Waals surface area contributed by atoms with E-state index in [4.69, 9.17) is 9.63 Å². The Morgan fingerprint density at radius 3 is 2.85 bits per heavy atom. The summed E-state index contributed by atoms with van der Waals surface area (Å²) in [5, 5.41) is 18.5. The maximum Gasteiger partial charge on any atom is 0.291 e. The fourth-order valence-corrected chi connectivity index (χ4v) is 5.30. The van der Waals surface area contributed by atoms with Crippen LogP contribution in [0, 0.1) is 17.7 Å². The maximum atomic E-state index is 14.7. The molecule has 1 amide bonds. The average molecular weight is 471 g/mol. The van der Waals surface area contributed by atoms with Gasteiger partial charge in [-0.3, -0.25) is 4.79 Å². The van der Waals surface area contributed by atoms with E-state index in [1.165, 1.54) is 10.7 Å². The number of carbonyl (C=O) groups excluding carboxylic acids is 1. The number of rotatable bonds is 7. The van der Waals surface area contributed by atoms with Gasteiger partial charge in [-0.05, 0) is 48.4 Å². The van der Waals surface area contributed by atoms with Crippen molar-refractivity contribution >= 4 is 16.8 Å². The lowest BCUT2D eigenvalue weighted by molar-refractivity contribution is -0.133. The predicted molar refractivity (Wildman–Crippen MR) is 123 cm³/mol. The van der Waals surface area contributed by atoms with Crippen molar-refractivity contribution in [3.05, 3.63) is 35.6 Å². The van der Waals surface area contributed by atoms with E-state index in [-0.39, 0.29) is 23.6 Å². The summed E-state index contributed by atoms with van der Waals surface area (Å²) in [4.78, 5) is 20.4. The first-order chi connectivity index (χ1) is 16.4. The number of hydrogen-bond acceptors (Lipinski definition) is 7. The Bertz CT molecular complexity index is 1170. The van der Waals surface area contributed by atoms with Crippen LogP contribution >= 0.6 is 0 Å². The SMILES string of the molecule is CC(C)c1nn(-c2noc(C[C@H]3CCN(C[C@@H]4CCN(C(=O)CO)C4)C3)n2)c2c(F)cccc12. The highest BCUT2D eigenvalue weighted by atomic mass is 19.1. The molecule has 2 atom stereocenters. The number of hydrogen-bond donors (Lipinski definition) is 1. The van der Waals surface area contributed by atoms with Gasteiger partial charge in [-0.2, -0.15) is 14.8 Å². The van der Waals surface area contributed by atoms with Crippen molar-refractivity contribution in [2.45, 2.75) is 39.0 Å². The minimum absolute atomic E-state index is 0.134. The Morgan fingerprint density at radius 2 is 2.06 bits per heavy atom. The number of likely N-dealkylation sites (tertiary alicyclic amines) is 2. The standard InChI is InChI=1S/C24H31FN6O3/c1-15(2)22-18-4-3-5-19(25)23(18)31(27-22)24-26-20(34-28-24)10-16-6-8-29(11-16)12-17-7-9-30(13-17)21(33)14-32/h3-5,15-17,32H,6-14H2,1-2H3/t16-,17+/m1/s1. The van der Waals surface area contributed by atoms with Gasteiger partial charge < -0.3 is 19.4 Å². The third-order valence-corrected chi connectivity index (χ3v) is 7.00. The fourth-order valence-electron chi connectivity index (χ4n) is 5.30. The van der Waals surface area contributed by atoms with Crippen LogP contribution in [0.3, 0.4) is 0 Å². The minimum Gasteiger partial charge on any atom is -0.387 e. The first-order valence-electron chi connectivity index (χ1n) is 12.0. The monoisotopic (exact) mass is 470 g/mol. The Hall–Kier alpha value is -2.85. The molecule has 3 aromatic rings. The van der Waals surface area contributed by atoms with Crippen molar-refractivity contribution < 1.29 is 18.8 Å². The van der Waals surface area contributed by atoms with Crippen LogP contribution in [0.5, 0.6) is 0 Å². The summed E-state index contributed by atoms with van der Waals surface area (Å²) in [5.74, 6) is 1.24. The van der Waals surface area contributed by atoms with E-state index in [1.807, 2.05) is 19.9 Å². The Kier molecular flexibility index (Phi) is 6.35. The zero-order chi connectivity index (χ0) is 23.8. The van der Waals surface area contributed by atoms with E-state index >= 15 is 0 Å². The second kappa shape index (κ2) is 9.42. The number of para-hydroxylation sites is 1. The Labute approximate surface area is 197 Å². The number of aromatic nitrogens is 4. The number of fused-ring (bicyclic) bond motifs is 1. The third kappa shape index (κ3) is 4.44. The van der Waals surface area contributed by atoms with E-state index in [1.54, 1.807) is 11.0 Å². The molecule has 34 heavy (non-hydrogen) atoms. The number of aliphatic hydroxyl groups is 1. The summed E-state index contributed by atoms with van der Waals surface area (Å²) in [6, 6.07) is 4.98. The van der Waals surface area contributed by atoms with Crippen LogP contribution in [-0.4, -0.2) is 80.1 Å². The minimum atomic E-state index is -0.412. The Morgan fingerprint density at radius 1 is 1.24 bits per heavy atom. The fraction of sp³-hybridized carbons (Fsp3) is 0.583. The van der Waals surface area contributed by atoms with E-state index in [0.717, 1.165) is 56.6 Å². The summed E-state index contributed by atoms with van der Waals surface area (Å²) in [7, 11) is 0. The van der Waals surface area contributed by atoms with Gasteiger partial charge >= 0.3 is 0 Å². The summed E-state index contributed by atoms with van der Waals surface area (Å²) in [6.45, 7) is 7.99. The molecule has 2 aliphatic heterocycles. The Balaban J connectivity index is 1.23. The highest BCUT2D eigenvalue weighted by Crippen LogP contribution is 2.29. The molecule has 2 aliphatic rings. The lowest BCUT2D eigenvalue weighted by atomic mass is 10.1. The van der Waals surface area contributed by atoms with Crippen molar-refractivity contribution in [2.24, 2.45) is 11.8 Å². The molecule has 0 radical (unpaired) electrons. The first kappa shape index (κ1) is 22.9. The molecule has 0 saturated carbocycles. The number of halogens is 1. The van der Waals surface area contributed by atoms with Crippen LogP contribution in [0.25, 0.3) is 16.9 Å². The van der Waals surface area contributed by atoms with Gasteiger partial charge in [0.2, 0.25) is 11.8 Å². The number of benzene rings is 1. The molecule has 2 saturated heterocycles. The summed E-state index contributed by atoms with van der Waals surface area (Å²) in [6.07, 6.45) is 2.69. The molecule has 9 nitrogen and oxygen atoms in total. The molecule has 0 unspecified atom stereocenters. The highest BCUT2D eigenvalue weighted by Gasteiger charge is 2.31. The van der Waals surface area contributed by atoms with Crippen molar-refractivity contribution in [2.75, 3.05) is 39.3 Å². The van der Waals surface area contributed by atoms with Gasteiger partial charge in [0, 0.05) is 38.0 Å². The van der Waals surface area contributed by atoms with Gasteiger partial charge in [0.15, 0.2) is 0 Å². The van der Waals surface area contributed by atoms with Crippen LogP contribution in [0.1, 0.15) is 44.2 Å². The molecule has 1 N–H and O–H groups in total. The van der Waals surface area contributed by atoms with E-state index in [2.05, 4.69) is 20.1 Å². The van der Waals surface area contributed by atoms with Gasteiger partial charge in [0.1, 0.15) is 17.9 Å². The molecule has 4 heterocycles. The van der Waals surface area contributed by atoms with Gasteiger partial charge in [-0.15, -0.1) is 0 Å². The second-order valence-electron chi connectivity index (χ2n) is 9.85. The van der Waals surface area contributed by atoms with Gasteiger partial charge in [-0.25, -0.2) is 4.39 Å². The van der Waals surface area contributed by atoms with E-state index < -0.39 is 6.61 Å². The van der Waals surface area contributed by atoms with Gasteiger partial charge in [0.25, 0.3) is 5.95 Å². The molecule has 2 aromatic heterocycles. The van der Waals surface area contributed by atoms with Gasteiger partial charge in [-0.1, -0.05) is 26.0 Å².